The van der Waals surface area contributed by atoms with Crippen molar-refractivity contribution >= 4 is 23.4 Å². The maximum atomic E-state index is 13.1. The molecule has 5 nitrogen and oxygen atoms in total. The van der Waals surface area contributed by atoms with Crippen molar-refractivity contribution in [2.24, 2.45) is 7.05 Å². The lowest BCUT2D eigenvalue weighted by atomic mass is 10.1. The van der Waals surface area contributed by atoms with Crippen LogP contribution in [0.3, 0.4) is 0 Å². The molecule has 0 spiro atoms. The van der Waals surface area contributed by atoms with Gasteiger partial charge in [-0.3, -0.25) is 4.79 Å². The molecule has 1 heterocycles. The predicted octanol–water partition coefficient (Wildman–Crippen LogP) is 4.92. The molecular formula is C20H19F3N4OS. The van der Waals surface area contributed by atoms with E-state index in [4.69, 9.17) is 0 Å². The van der Waals surface area contributed by atoms with Gasteiger partial charge in [0.15, 0.2) is 5.16 Å². The Bertz CT molecular complexity index is 1020. The van der Waals surface area contributed by atoms with E-state index in [0.717, 1.165) is 27.5 Å². The Balaban J connectivity index is 1.93. The van der Waals surface area contributed by atoms with Gasteiger partial charge in [0, 0.05) is 12.7 Å². The monoisotopic (exact) mass is 420 g/mol. The van der Waals surface area contributed by atoms with E-state index >= 15 is 0 Å². The zero-order valence-corrected chi connectivity index (χ0v) is 16.8. The van der Waals surface area contributed by atoms with Gasteiger partial charge < -0.3 is 9.88 Å². The highest BCUT2D eigenvalue weighted by atomic mass is 32.2. The number of amides is 1. The molecule has 3 aromatic rings. The first kappa shape index (κ1) is 20.9. The molecule has 0 saturated carbocycles. The normalized spacial score (nSPS) is 12.6. The van der Waals surface area contributed by atoms with Crippen LogP contribution >= 0.6 is 11.8 Å². The first-order chi connectivity index (χ1) is 13.7. The second-order valence-electron chi connectivity index (χ2n) is 6.58. The molecule has 1 N–H and O–H groups in total. The van der Waals surface area contributed by atoms with Crippen molar-refractivity contribution in [3.05, 3.63) is 71.0 Å². The van der Waals surface area contributed by atoms with Gasteiger partial charge in [-0.05, 0) is 36.6 Å². The molecule has 29 heavy (non-hydrogen) atoms. The Kier molecular flexibility index (Phi) is 5.97. The van der Waals surface area contributed by atoms with Crippen LogP contribution in [0.2, 0.25) is 0 Å². The molecule has 0 unspecified atom stereocenters. The lowest BCUT2D eigenvalue weighted by molar-refractivity contribution is -0.147. The van der Waals surface area contributed by atoms with Gasteiger partial charge in [0.2, 0.25) is 11.7 Å². The van der Waals surface area contributed by atoms with E-state index < -0.39 is 17.3 Å². The summed E-state index contributed by atoms with van der Waals surface area (Å²) in [5.74, 6) is -1.46. The molecule has 0 fully saturated rings. The number of hydrogen-bond acceptors (Lipinski definition) is 4. The van der Waals surface area contributed by atoms with Crippen LogP contribution in [0.1, 0.15) is 27.8 Å². The zero-order valence-electron chi connectivity index (χ0n) is 16.0. The average Bonchev–Trinajstić information content (AvgIpc) is 3.04. The number of benzene rings is 2. The highest BCUT2D eigenvalue weighted by molar-refractivity contribution is 8.00. The molecule has 9 heteroatoms. The fraction of sp³-hybridized carbons (Fsp3) is 0.250. The number of nitrogens with one attached hydrogen (secondary N) is 1. The Morgan fingerprint density at radius 1 is 1.10 bits per heavy atom. The van der Waals surface area contributed by atoms with Crippen molar-refractivity contribution in [1.82, 2.24) is 14.8 Å². The van der Waals surface area contributed by atoms with E-state index in [1.54, 1.807) is 30.3 Å². The van der Waals surface area contributed by atoms with Crippen LogP contribution in [0.25, 0.3) is 0 Å². The second-order valence-corrected chi connectivity index (χ2v) is 7.65. The molecule has 152 valence electrons. The van der Waals surface area contributed by atoms with Gasteiger partial charge in [-0.1, -0.05) is 54.2 Å². The minimum atomic E-state index is -4.62. The molecule has 0 radical (unpaired) electrons. The molecule has 1 amide bonds. The number of anilines is 1. The first-order valence-electron chi connectivity index (χ1n) is 8.73. The number of hydrogen-bond donors (Lipinski definition) is 1. The SMILES string of the molecule is Cc1ccc(C)c(NC(=O)[C@@H](Sc2nnc(C(F)(F)F)n2C)c2ccccc2)c1. The molecular weight excluding hydrogens is 401 g/mol. The number of thioether (sulfide) groups is 1. The smallest absolute Gasteiger partial charge is 0.325 e. The number of alkyl halides is 3. The van der Waals surface area contributed by atoms with Crippen LogP contribution in [0.4, 0.5) is 18.9 Å². The maximum Gasteiger partial charge on any atom is 0.451 e. The molecule has 3 rings (SSSR count). The second kappa shape index (κ2) is 8.28. The van der Waals surface area contributed by atoms with Crippen LogP contribution in [0, 0.1) is 13.8 Å². The lowest BCUT2D eigenvalue weighted by Crippen LogP contribution is -2.20. The van der Waals surface area contributed by atoms with Gasteiger partial charge in [0.05, 0.1) is 0 Å². The number of carbonyl (C=O) groups excluding carboxylic acids is 1. The number of nitrogens with zero attached hydrogens (tertiary/aromatic N) is 3. The molecule has 1 aromatic heterocycles. The topological polar surface area (TPSA) is 59.8 Å². The number of aromatic nitrogens is 3. The summed E-state index contributed by atoms with van der Waals surface area (Å²) in [4.78, 5) is 13.1. The third-order valence-electron chi connectivity index (χ3n) is 4.30. The fourth-order valence-electron chi connectivity index (χ4n) is 2.74. The number of carbonyl (C=O) groups is 1. The Hall–Kier alpha value is -2.81. The highest BCUT2D eigenvalue weighted by Crippen LogP contribution is 2.37. The summed E-state index contributed by atoms with van der Waals surface area (Å²) >= 11 is 0.920. The summed E-state index contributed by atoms with van der Waals surface area (Å²) in [5, 5.41) is 8.97. The van der Waals surface area contributed by atoms with Gasteiger partial charge in [-0.15, -0.1) is 10.2 Å². The molecule has 0 aliphatic carbocycles. The van der Waals surface area contributed by atoms with Crippen LogP contribution in [0.5, 0.6) is 0 Å². The van der Waals surface area contributed by atoms with E-state index in [9.17, 15) is 18.0 Å². The molecule has 2 aromatic carbocycles. The summed E-state index contributed by atoms with van der Waals surface area (Å²) < 4.78 is 40.0. The van der Waals surface area contributed by atoms with Crippen molar-refractivity contribution in [2.45, 2.75) is 30.4 Å². The first-order valence-corrected chi connectivity index (χ1v) is 9.61. The quantitative estimate of drug-likeness (QED) is 0.595. The Morgan fingerprint density at radius 3 is 2.41 bits per heavy atom. The van der Waals surface area contributed by atoms with Gasteiger partial charge in [0.25, 0.3) is 0 Å². The average molecular weight is 420 g/mol. The van der Waals surface area contributed by atoms with Crippen LogP contribution in [-0.2, 0) is 18.0 Å². The third kappa shape index (κ3) is 4.79. The maximum absolute atomic E-state index is 13.1. The van der Waals surface area contributed by atoms with Crippen LogP contribution in [-0.4, -0.2) is 20.7 Å². The van der Waals surface area contributed by atoms with Crippen molar-refractivity contribution in [2.75, 3.05) is 5.32 Å². The van der Waals surface area contributed by atoms with Crippen LogP contribution < -0.4 is 5.32 Å². The van der Waals surface area contributed by atoms with Crippen molar-refractivity contribution in [3.63, 3.8) is 0 Å². The van der Waals surface area contributed by atoms with Crippen molar-refractivity contribution < 1.29 is 18.0 Å². The summed E-state index contributed by atoms with van der Waals surface area (Å²) in [6, 6.07) is 14.5. The van der Waals surface area contributed by atoms with Crippen LogP contribution in [0.15, 0.2) is 53.7 Å². The fourth-order valence-corrected chi connectivity index (χ4v) is 3.74. The Labute approximate surface area is 170 Å². The van der Waals surface area contributed by atoms with E-state index in [2.05, 4.69) is 15.5 Å². The molecule has 0 aliphatic heterocycles. The summed E-state index contributed by atoms with van der Waals surface area (Å²) in [7, 11) is 1.23. The number of rotatable bonds is 5. The molecule has 0 bridgehead atoms. The van der Waals surface area contributed by atoms with E-state index in [-0.39, 0.29) is 11.1 Å². The number of halogens is 3. The lowest BCUT2D eigenvalue weighted by Gasteiger charge is -2.18. The van der Waals surface area contributed by atoms with Gasteiger partial charge in [0.1, 0.15) is 5.25 Å². The zero-order chi connectivity index (χ0) is 21.2. The molecule has 0 saturated heterocycles. The van der Waals surface area contributed by atoms with E-state index in [1.807, 2.05) is 32.0 Å². The number of aryl methyl sites for hydroxylation is 2. The third-order valence-corrected chi connectivity index (χ3v) is 5.59. The highest BCUT2D eigenvalue weighted by Gasteiger charge is 2.38. The largest absolute Gasteiger partial charge is 0.451 e. The standard InChI is InChI=1S/C20H19F3N4OS/c1-12-9-10-13(2)15(11-12)24-17(28)16(14-7-5-4-6-8-14)29-19-26-25-18(27(19)3)20(21,22)23/h4-11,16H,1-3H3,(H,24,28)/t16-/m0/s1. The minimum Gasteiger partial charge on any atom is -0.325 e. The molecule has 0 aliphatic rings. The van der Waals surface area contributed by atoms with Gasteiger partial charge >= 0.3 is 6.18 Å². The summed E-state index contributed by atoms with van der Waals surface area (Å²) in [6.07, 6.45) is -4.62. The van der Waals surface area contributed by atoms with E-state index in [0.29, 0.717) is 11.3 Å². The van der Waals surface area contributed by atoms with Gasteiger partial charge in [-0.25, -0.2) is 0 Å². The van der Waals surface area contributed by atoms with Crippen molar-refractivity contribution in [3.8, 4) is 0 Å². The minimum absolute atomic E-state index is 0.00212. The summed E-state index contributed by atoms with van der Waals surface area (Å²) in [5.41, 5.74) is 3.18. The molecule has 1 atom stereocenters. The van der Waals surface area contributed by atoms with E-state index in [1.165, 1.54) is 7.05 Å². The summed E-state index contributed by atoms with van der Waals surface area (Å²) in [6.45, 7) is 3.79. The van der Waals surface area contributed by atoms with Gasteiger partial charge in [-0.2, -0.15) is 13.2 Å². The predicted molar refractivity (Wildman–Crippen MR) is 106 cm³/mol. The van der Waals surface area contributed by atoms with Crippen molar-refractivity contribution in [1.29, 1.82) is 0 Å². The Morgan fingerprint density at radius 2 is 1.79 bits per heavy atom.